The molecule has 0 saturated carbocycles. The van der Waals surface area contributed by atoms with E-state index in [1.807, 2.05) is 18.2 Å². The summed E-state index contributed by atoms with van der Waals surface area (Å²) in [6.45, 7) is 4.96. The van der Waals surface area contributed by atoms with E-state index in [2.05, 4.69) is 39.4 Å². The molecule has 0 spiro atoms. The Hall–Kier alpha value is -2.96. The molecule has 1 heterocycles. The average Bonchev–Trinajstić information content (AvgIpc) is 2.75. The molecule has 6 nitrogen and oxygen atoms in total. The first-order valence-electron chi connectivity index (χ1n) is 10.3. The molecule has 0 unspecified atom stereocenters. The lowest BCUT2D eigenvalue weighted by Gasteiger charge is -2.33. The predicted octanol–water partition coefficient (Wildman–Crippen LogP) is 2.66. The van der Waals surface area contributed by atoms with Gasteiger partial charge in [-0.1, -0.05) is 42.5 Å². The highest BCUT2D eigenvalue weighted by molar-refractivity contribution is 5.96. The molecule has 3 rings (SSSR count). The Kier molecular flexibility index (Phi) is 7.76. The number of carbonyl (C=O) groups is 2. The molecule has 0 atom stereocenters. The number of benzene rings is 2. The smallest absolute Gasteiger partial charge is 0.253 e. The van der Waals surface area contributed by atoms with Crippen LogP contribution in [0, 0.1) is 0 Å². The van der Waals surface area contributed by atoms with Gasteiger partial charge in [0.25, 0.3) is 5.91 Å². The van der Waals surface area contributed by atoms with Gasteiger partial charge in [0, 0.05) is 58.1 Å². The molecule has 1 fully saturated rings. The minimum absolute atomic E-state index is 0.0286. The fourth-order valence-corrected chi connectivity index (χ4v) is 3.39. The van der Waals surface area contributed by atoms with Crippen molar-refractivity contribution >= 4 is 23.6 Å². The van der Waals surface area contributed by atoms with E-state index in [0.29, 0.717) is 17.8 Å². The maximum atomic E-state index is 12.4. The number of rotatable bonds is 7. The predicted molar refractivity (Wildman–Crippen MR) is 121 cm³/mol. The van der Waals surface area contributed by atoms with Gasteiger partial charge in [0.05, 0.1) is 6.54 Å². The van der Waals surface area contributed by atoms with Crippen LogP contribution in [0.2, 0.25) is 0 Å². The summed E-state index contributed by atoms with van der Waals surface area (Å²) in [6.07, 6.45) is 4.35. The first-order valence-corrected chi connectivity index (χ1v) is 10.3. The van der Waals surface area contributed by atoms with Crippen LogP contribution < -0.4 is 5.32 Å². The zero-order chi connectivity index (χ0) is 21.3. The van der Waals surface area contributed by atoms with Gasteiger partial charge in [-0.2, -0.15) is 0 Å². The maximum Gasteiger partial charge on any atom is 0.253 e. The summed E-state index contributed by atoms with van der Waals surface area (Å²) in [5, 5.41) is 2.92. The molecule has 0 radical (unpaired) electrons. The standard InChI is InChI=1S/C24H30N4O2/c1-26(2)24(30)21-10-12-22(13-11-21)25-23(29)19-28-17-15-27(16-18-28)14-6-9-20-7-4-3-5-8-20/h3-13H,14-19H2,1-2H3,(H,25,29)/b9-6+. The topological polar surface area (TPSA) is 55.9 Å². The van der Waals surface area contributed by atoms with Crippen LogP contribution in [0.5, 0.6) is 0 Å². The Bertz CT molecular complexity index is 855. The number of hydrogen-bond donors (Lipinski definition) is 1. The second-order valence-corrected chi connectivity index (χ2v) is 7.71. The number of amides is 2. The number of nitrogens with one attached hydrogen (secondary N) is 1. The first kappa shape index (κ1) is 21.7. The van der Waals surface area contributed by atoms with Crippen LogP contribution in [-0.2, 0) is 4.79 Å². The molecule has 2 amide bonds. The third-order valence-electron chi connectivity index (χ3n) is 5.13. The average molecular weight is 407 g/mol. The monoisotopic (exact) mass is 406 g/mol. The third-order valence-corrected chi connectivity index (χ3v) is 5.13. The van der Waals surface area contributed by atoms with Crippen LogP contribution in [0.4, 0.5) is 5.69 Å². The second-order valence-electron chi connectivity index (χ2n) is 7.71. The summed E-state index contributed by atoms with van der Waals surface area (Å²) >= 11 is 0. The minimum Gasteiger partial charge on any atom is -0.345 e. The molecule has 2 aromatic rings. The highest BCUT2D eigenvalue weighted by atomic mass is 16.2. The molecule has 2 aromatic carbocycles. The summed E-state index contributed by atoms with van der Waals surface area (Å²) in [5.74, 6) is -0.0801. The van der Waals surface area contributed by atoms with E-state index in [1.54, 1.807) is 38.4 Å². The van der Waals surface area contributed by atoms with E-state index in [0.717, 1.165) is 32.7 Å². The molecule has 1 aliphatic heterocycles. The van der Waals surface area contributed by atoms with Crippen molar-refractivity contribution in [1.29, 1.82) is 0 Å². The van der Waals surface area contributed by atoms with Crippen molar-refractivity contribution in [2.24, 2.45) is 0 Å². The van der Waals surface area contributed by atoms with Gasteiger partial charge in [0.1, 0.15) is 0 Å². The van der Waals surface area contributed by atoms with Crippen LogP contribution in [0.15, 0.2) is 60.7 Å². The fraction of sp³-hybridized carbons (Fsp3) is 0.333. The van der Waals surface area contributed by atoms with Crippen LogP contribution in [-0.4, -0.2) is 79.9 Å². The lowest BCUT2D eigenvalue weighted by Crippen LogP contribution is -2.48. The van der Waals surface area contributed by atoms with Gasteiger partial charge in [0.15, 0.2) is 0 Å². The molecule has 0 aliphatic carbocycles. The van der Waals surface area contributed by atoms with Crippen molar-refractivity contribution in [2.75, 3.05) is 58.7 Å². The van der Waals surface area contributed by atoms with Gasteiger partial charge in [-0.15, -0.1) is 0 Å². The van der Waals surface area contributed by atoms with Crippen molar-refractivity contribution in [1.82, 2.24) is 14.7 Å². The summed E-state index contributed by atoms with van der Waals surface area (Å²) in [5.41, 5.74) is 2.53. The SMILES string of the molecule is CN(C)C(=O)c1ccc(NC(=O)CN2CCN(C/C=C/c3ccccc3)CC2)cc1. The zero-order valence-electron chi connectivity index (χ0n) is 17.8. The summed E-state index contributed by atoms with van der Waals surface area (Å²) in [6, 6.07) is 17.3. The number of piperazine rings is 1. The van der Waals surface area contributed by atoms with Crippen LogP contribution in [0.1, 0.15) is 15.9 Å². The Balaban J connectivity index is 1.39. The number of hydrogen-bond acceptors (Lipinski definition) is 4. The van der Waals surface area contributed by atoms with E-state index >= 15 is 0 Å². The number of carbonyl (C=O) groups excluding carboxylic acids is 2. The fourth-order valence-electron chi connectivity index (χ4n) is 3.39. The van der Waals surface area contributed by atoms with Gasteiger partial charge < -0.3 is 10.2 Å². The minimum atomic E-state index is -0.0515. The Morgan fingerprint density at radius 2 is 1.57 bits per heavy atom. The second kappa shape index (κ2) is 10.7. The summed E-state index contributed by atoms with van der Waals surface area (Å²) < 4.78 is 0. The van der Waals surface area contributed by atoms with Crippen molar-refractivity contribution in [2.45, 2.75) is 0 Å². The van der Waals surface area contributed by atoms with Crippen LogP contribution >= 0.6 is 0 Å². The molecular formula is C24H30N4O2. The molecule has 1 saturated heterocycles. The Morgan fingerprint density at radius 1 is 0.933 bits per heavy atom. The molecule has 30 heavy (non-hydrogen) atoms. The molecule has 158 valence electrons. The summed E-state index contributed by atoms with van der Waals surface area (Å²) in [4.78, 5) is 30.4. The summed E-state index contributed by atoms with van der Waals surface area (Å²) in [7, 11) is 3.44. The van der Waals surface area contributed by atoms with Crippen LogP contribution in [0.3, 0.4) is 0 Å². The Labute approximate surface area is 178 Å². The van der Waals surface area contributed by atoms with E-state index in [1.165, 1.54) is 10.5 Å². The lowest BCUT2D eigenvalue weighted by molar-refractivity contribution is -0.117. The van der Waals surface area contributed by atoms with Crippen molar-refractivity contribution < 1.29 is 9.59 Å². The van der Waals surface area contributed by atoms with E-state index < -0.39 is 0 Å². The normalized spacial score (nSPS) is 15.3. The quantitative estimate of drug-likeness (QED) is 0.768. The zero-order valence-corrected chi connectivity index (χ0v) is 17.8. The van der Waals surface area contributed by atoms with Gasteiger partial charge in [-0.05, 0) is 29.8 Å². The molecule has 1 N–H and O–H groups in total. The van der Waals surface area contributed by atoms with Gasteiger partial charge in [-0.25, -0.2) is 0 Å². The van der Waals surface area contributed by atoms with Gasteiger partial charge in [-0.3, -0.25) is 19.4 Å². The third kappa shape index (κ3) is 6.54. The Morgan fingerprint density at radius 3 is 2.20 bits per heavy atom. The highest BCUT2D eigenvalue weighted by Gasteiger charge is 2.18. The van der Waals surface area contributed by atoms with Gasteiger partial charge in [0.2, 0.25) is 5.91 Å². The largest absolute Gasteiger partial charge is 0.345 e. The first-order chi connectivity index (χ1) is 14.5. The molecule has 0 aromatic heterocycles. The molecular weight excluding hydrogens is 376 g/mol. The maximum absolute atomic E-state index is 12.4. The van der Waals surface area contributed by atoms with E-state index in [4.69, 9.17) is 0 Å². The molecule has 1 aliphatic rings. The van der Waals surface area contributed by atoms with Crippen molar-refractivity contribution in [3.63, 3.8) is 0 Å². The van der Waals surface area contributed by atoms with Gasteiger partial charge >= 0.3 is 0 Å². The van der Waals surface area contributed by atoms with Crippen molar-refractivity contribution in [3.05, 3.63) is 71.8 Å². The number of anilines is 1. The molecule has 0 bridgehead atoms. The van der Waals surface area contributed by atoms with E-state index in [-0.39, 0.29) is 11.8 Å². The highest BCUT2D eigenvalue weighted by Crippen LogP contribution is 2.11. The molecule has 6 heteroatoms. The van der Waals surface area contributed by atoms with Crippen LogP contribution in [0.25, 0.3) is 6.08 Å². The number of nitrogens with zero attached hydrogens (tertiary/aromatic N) is 3. The van der Waals surface area contributed by atoms with Crippen molar-refractivity contribution in [3.8, 4) is 0 Å². The lowest BCUT2D eigenvalue weighted by atomic mass is 10.2. The van der Waals surface area contributed by atoms with E-state index in [9.17, 15) is 9.59 Å².